The molecule has 0 atom stereocenters. The van der Waals surface area contributed by atoms with Crippen molar-refractivity contribution in [3.8, 4) is 11.1 Å². The Labute approximate surface area is 201 Å². The molecule has 0 aromatic heterocycles. The van der Waals surface area contributed by atoms with Crippen LogP contribution < -0.4 is 0 Å². The zero-order chi connectivity index (χ0) is 23.2. The Morgan fingerprint density at radius 1 is 0.758 bits per heavy atom. The van der Waals surface area contributed by atoms with Gasteiger partial charge < -0.3 is 0 Å². The van der Waals surface area contributed by atoms with Gasteiger partial charge in [-0.05, 0) is 78.2 Å². The normalized spacial score (nSPS) is 26.0. The molecule has 1 heterocycles. The molecule has 2 fully saturated rings. The summed E-state index contributed by atoms with van der Waals surface area (Å²) in [4.78, 5) is 0. The average molecular weight is 469 g/mol. The summed E-state index contributed by atoms with van der Waals surface area (Å²) in [6, 6.07) is 17.5. The maximum absolute atomic E-state index is 13.6. The van der Waals surface area contributed by atoms with Crippen molar-refractivity contribution in [2.75, 3.05) is 0 Å². The SMILES string of the molecule is CC(C)CC[SiH]1CCC(CC[C@H]2CC[C@H](c3ccc(-c4ccc(F)c(F)c4)cc3)CC2)CC1. The molecule has 0 radical (unpaired) electrons. The molecule has 33 heavy (non-hydrogen) atoms. The molecule has 3 heteroatoms. The highest BCUT2D eigenvalue weighted by molar-refractivity contribution is 6.58. The molecule has 1 saturated heterocycles. The number of benzene rings is 2. The molecule has 2 aromatic carbocycles. The van der Waals surface area contributed by atoms with Crippen LogP contribution in [0.3, 0.4) is 0 Å². The van der Waals surface area contributed by atoms with E-state index in [4.69, 9.17) is 0 Å². The molecule has 1 saturated carbocycles. The summed E-state index contributed by atoms with van der Waals surface area (Å²) >= 11 is 0. The van der Waals surface area contributed by atoms with Crippen molar-refractivity contribution >= 4 is 8.80 Å². The van der Waals surface area contributed by atoms with Crippen LogP contribution in [0, 0.1) is 29.4 Å². The smallest absolute Gasteiger partial charge is 0.159 e. The molecule has 0 N–H and O–H groups in total. The molecule has 0 amide bonds. The van der Waals surface area contributed by atoms with Gasteiger partial charge in [0.1, 0.15) is 0 Å². The van der Waals surface area contributed by atoms with Crippen LogP contribution in [0.2, 0.25) is 18.1 Å². The van der Waals surface area contributed by atoms with Crippen LogP contribution in [0.1, 0.15) is 83.1 Å². The van der Waals surface area contributed by atoms with E-state index in [1.54, 1.807) is 24.2 Å². The predicted octanol–water partition coefficient (Wildman–Crippen LogP) is 9.37. The lowest BCUT2D eigenvalue weighted by molar-refractivity contribution is 0.280. The van der Waals surface area contributed by atoms with Crippen LogP contribution in [0.4, 0.5) is 8.78 Å². The Bertz CT molecular complexity index is 859. The first-order valence-electron chi connectivity index (χ1n) is 13.5. The highest BCUT2D eigenvalue weighted by Crippen LogP contribution is 2.40. The zero-order valence-electron chi connectivity index (χ0n) is 20.7. The number of halogens is 2. The van der Waals surface area contributed by atoms with Crippen molar-refractivity contribution in [2.24, 2.45) is 17.8 Å². The summed E-state index contributed by atoms with van der Waals surface area (Å²) in [6.45, 7) is 4.75. The van der Waals surface area contributed by atoms with Gasteiger partial charge in [-0.1, -0.05) is 94.4 Å². The summed E-state index contributed by atoms with van der Waals surface area (Å²) in [6.07, 6.45) is 12.8. The second kappa shape index (κ2) is 11.8. The maximum atomic E-state index is 13.6. The fraction of sp³-hybridized carbons (Fsp3) is 0.600. The quantitative estimate of drug-likeness (QED) is 0.338. The third-order valence-corrected chi connectivity index (χ3v) is 12.0. The van der Waals surface area contributed by atoms with Gasteiger partial charge >= 0.3 is 0 Å². The Kier molecular flexibility index (Phi) is 8.79. The fourth-order valence-corrected chi connectivity index (χ4v) is 10.1. The highest BCUT2D eigenvalue weighted by atomic mass is 28.3. The largest absolute Gasteiger partial charge is 0.204 e. The van der Waals surface area contributed by atoms with E-state index in [-0.39, 0.29) is 8.80 Å². The number of hydrogen-bond acceptors (Lipinski definition) is 0. The topological polar surface area (TPSA) is 0 Å². The Morgan fingerprint density at radius 2 is 1.36 bits per heavy atom. The van der Waals surface area contributed by atoms with Crippen molar-refractivity contribution < 1.29 is 8.78 Å². The molecule has 4 rings (SSSR count). The second-order valence-electron chi connectivity index (χ2n) is 11.4. The minimum Gasteiger partial charge on any atom is -0.204 e. The van der Waals surface area contributed by atoms with Gasteiger partial charge in [0.2, 0.25) is 0 Å². The Hall–Kier alpha value is -1.48. The lowest BCUT2D eigenvalue weighted by atomic mass is 9.76. The van der Waals surface area contributed by atoms with Gasteiger partial charge in [-0.3, -0.25) is 0 Å². The van der Waals surface area contributed by atoms with Crippen molar-refractivity contribution in [3.63, 3.8) is 0 Å². The van der Waals surface area contributed by atoms with Crippen LogP contribution in [-0.2, 0) is 0 Å². The minimum absolute atomic E-state index is 0.387. The van der Waals surface area contributed by atoms with E-state index in [2.05, 4.69) is 38.1 Å². The molecule has 2 aromatic rings. The van der Waals surface area contributed by atoms with E-state index in [1.165, 1.54) is 75.5 Å². The summed E-state index contributed by atoms with van der Waals surface area (Å²) in [5.41, 5.74) is 3.10. The van der Waals surface area contributed by atoms with Crippen molar-refractivity contribution in [2.45, 2.75) is 95.7 Å². The van der Waals surface area contributed by atoms with Gasteiger partial charge in [0, 0.05) is 8.80 Å². The molecule has 0 nitrogen and oxygen atoms in total. The third-order valence-electron chi connectivity index (χ3n) is 8.58. The third kappa shape index (κ3) is 7.01. The summed E-state index contributed by atoms with van der Waals surface area (Å²) in [5, 5.41) is 0. The molecular weight excluding hydrogens is 426 g/mol. The Balaban J connectivity index is 1.18. The lowest BCUT2D eigenvalue weighted by Crippen LogP contribution is -2.22. The van der Waals surface area contributed by atoms with Crippen LogP contribution in [-0.4, -0.2) is 8.80 Å². The molecule has 0 bridgehead atoms. The summed E-state index contributed by atoms with van der Waals surface area (Å²) in [5.74, 6) is 1.93. The monoisotopic (exact) mass is 468 g/mol. The van der Waals surface area contributed by atoms with E-state index < -0.39 is 11.6 Å². The Morgan fingerprint density at radius 3 is 1.97 bits per heavy atom. The van der Waals surface area contributed by atoms with Gasteiger partial charge in [0.15, 0.2) is 11.6 Å². The number of rotatable bonds is 8. The van der Waals surface area contributed by atoms with Gasteiger partial charge in [-0.25, -0.2) is 8.78 Å². The number of hydrogen-bond donors (Lipinski definition) is 0. The van der Waals surface area contributed by atoms with Crippen LogP contribution >= 0.6 is 0 Å². The van der Waals surface area contributed by atoms with E-state index in [1.807, 2.05) is 0 Å². The van der Waals surface area contributed by atoms with Gasteiger partial charge in [0.25, 0.3) is 0 Å². The van der Waals surface area contributed by atoms with Crippen LogP contribution in [0.15, 0.2) is 42.5 Å². The first-order chi connectivity index (χ1) is 16.0. The van der Waals surface area contributed by atoms with Gasteiger partial charge in [-0.15, -0.1) is 0 Å². The first kappa shape index (κ1) is 24.6. The molecule has 2 aliphatic rings. The zero-order valence-corrected chi connectivity index (χ0v) is 21.8. The predicted molar refractivity (Wildman–Crippen MR) is 139 cm³/mol. The molecule has 1 aliphatic heterocycles. The van der Waals surface area contributed by atoms with Crippen molar-refractivity contribution in [3.05, 3.63) is 59.7 Å². The summed E-state index contributed by atoms with van der Waals surface area (Å²) < 4.78 is 26.8. The molecule has 0 spiro atoms. The first-order valence-corrected chi connectivity index (χ1v) is 16.0. The molecule has 180 valence electrons. The second-order valence-corrected chi connectivity index (χ2v) is 14.9. The molecule has 1 aliphatic carbocycles. The summed E-state index contributed by atoms with van der Waals surface area (Å²) in [7, 11) is -0.387. The highest BCUT2D eigenvalue weighted by Gasteiger charge is 2.26. The lowest BCUT2D eigenvalue weighted by Gasteiger charge is -2.32. The van der Waals surface area contributed by atoms with E-state index in [0.29, 0.717) is 5.92 Å². The van der Waals surface area contributed by atoms with E-state index >= 15 is 0 Å². The average Bonchev–Trinajstić information content (AvgIpc) is 2.84. The van der Waals surface area contributed by atoms with Crippen molar-refractivity contribution in [1.82, 2.24) is 0 Å². The maximum Gasteiger partial charge on any atom is 0.159 e. The van der Waals surface area contributed by atoms with Gasteiger partial charge in [0.05, 0.1) is 0 Å². The minimum atomic E-state index is -0.789. The van der Waals surface area contributed by atoms with Crippen LogP contribution in [0.25, 0.3) is 11.1 Å². The fourth-order valence-electron chi connectivity index (χ4n) is 6.26. The van der Waals surface area contributed by atoms with Crippen molar-refractivity contribution in [1.29, 1.82) is 0 Å². The van der Waals surface area contributed by atoms with E-state index in [0.717, 1.165) is 28.9 Å². The molecule has 0 unspecified atom stereocenters. The standard InChI is InChI=1S/C30H42F2Si/c1-22(2)15-18-33-19-16-24(17-20-33)4-3-23-5-7-25(8-6-23)26-9-11-27(12-10-26)28-13-14-29(31)30(32)21-28/h9-14,21-25,33H,3-8,15-20H2,1-2H3/t23-,24?,25-,33?. The molecular formula is C30H42F2Si. The van der Waals surface area contributed by atoms with Gasteiger partial charge in [-0.2, -0.15) is 0 Å². The van der Waals surface area contributed by atoms with Crippen LogP contribution in [0.5, 0.6) is 0 Å². The van der Waals surface area contributed by atoms with E-state index in [9.17, 15) is 8.78 Å².